The fraction of sp³-hybridized carbons (Fsp3) is 0.444. The van der Waals surface area contributed by atoms with Gasteiger partial charge in [0.1, 0.15) is 5.75 Å². The van der Waals surface area contributed by atoms with Gasteiger partial charge in [-0.05, 0) is 36.8 Å². The average molecular weight is 269 g/mol. The first-order valence-corrected chi connectivity index (χ1v) is 7.68. The smallest absolute Gasteiger partial charge is 0.123 e. The van der Waals surface area contributed by atoms with Crippen molar-refractivity contribution in [3.05, 3.63) is 36.4 Å². The molecule has 2 aromatic rings. The summed E-state index contributed by atoms with van der Waals surface area (Å²) in [4.78, 5) is 0. The maximum Gasteiger partial charge on any atom is 0.123 e. The maximum absolute atomic E-state index is 9.91. The molecule has 2 heteroatoms. The minimum atomic E-state index is 0.359. The Morgan fingerprint density at radius 2 is 1.70 bits per heavy atom. The molecular weight excluding hydrogens is 246 g/mol. The van der Waals surface area contributed by atoms with Crippen LogP contribution in [0.2, 0.25) is 0 Å². The van der Waals surface area contributed by atoms with E-state index in [1.807, 2.05) is 18.2 Å². The number of hydrogen-bond donors (Lipinski definition) is 2. The van der Waals surface area contributed by atoms with E-state index in [0.29, 0.717) is 5.75 Å². The van der Waals surface area contributed by atoms with E-state index in [-0.39, 0.29) is 0 Å². The molecule has 0 radical (unpaired) electrons. The Morgan fingerprint density at radius 1 is 1.00 bits per heavy atom. The zero-order valence-electron chi connectivity index (χ0n) is 12.1. The van der Waals surface area contributed by atoms with Gasteiger partial charge in [-0.1, -0.05) is 44.0 Å². The predicted molar refractivity (Wildman–Crippen MR) is 85.2 cm³/mol. The van der Waals surface area contributed by atoms with E-state index in [1.165, 1.54) is 25.7 Å². The first-order chi connectivity index (χ1) is 9.74. The number of fused-ring (bicyclic) bond motifs is 1. The fourth-order valence-corrected chi connectivity index (χ4v) is 3.24. The van der Waals surface area contributed by atoms with Crippen molar-refractivity contribution in [2.75, 3.05) is 11.9 Å². The van der Waals surface area contributed by atoms with Crippen molar-refractivity contribution >= 4 is 16.5 Å². The van der Waals surface area contributed by atoms with Crippen LogP contribution in [-0.4, -0.2) is 11.7 Å². The van der Waals surface area contributed by atoms with Crippen LogP contribution < -0.4 is 5.32 Å². The van der Waals surface area contributed by atoms with Gasteiger partial charge in [0.15, 0.2) is 0 Å². The standard InChI is InChI=1S/C18H23NO/c1-13-8-10-14(11-9-13)12-19-17-6-2-5-16-15(17)4-3-7-18(16)20/h2-7,13-14,19-20H,8-12H2,1H3. The average Bonchev–Trinajstić information content (AvgIpc) is 2.47. The van der Waals surface area contributed by atoms with E-state index in [4.69, 9.17) is 0 Å². The van der Waals surface area contributed by atoms with Gasteiger partial charge in [-0.3, -0.25) is 0 Å². The summed E-state index contributed by atoms with van der Waals surface area (Å²) in [5.41, 5.74) is 1.14. The Balaban J connectivity index is 1.73. The quantitative estimate of drug-likeness (QED) is 0.840. The molecule has 0 aromatic heterocycles. The highest BCUT2D eigenvalue weighted by Gasteiger charge is 2.18. The maximum atomic E-state index is 9.91. The Labute approximate surface area is 120 Å². The first-order valence-electron chi connectivity index (χ1n) is 7.68. The molecule has 0 amide bonds. The van der Waals surface area contributed by atoms with Gasteiger partial charge in [0.05, 0.1) is 0 Å². The van der Waals surface area contributed by atoms with E-state index in [9.17, 15) is 5.11 Å². The predicted octanol–water partition coefficient (Wildman–Crippen LogP) is 4.78. The van der Waals surface area contributed by atoms with Crippen LogP contribution in [0.1, 0.15) is 32.6 Å². The molecule has 0 aliphatic heterocycles. The third kappa shape index (κ3) is 2.74. The van der Waals surface area contributed by atoms with Crippen molar-refractivity contribution in [3.8, 4) is 5.75 Å². The van der Waals surface area contributed by atoms with Crippen LogP contribution in [0.4, 0.5) is 5.69 Å². The zero-order chi connectivity index (χ0) is 13.9. The van der Waals surface area contributed by atoms with Gasteiger partial charge >= 0.3 is 0 Å². The third-order valence-electron chi connectivity index (χ3n) is 4.62. The minimum Gasteiger partial charge on any atom is -0.507 e. The highest BCUT2D eigenvalue weighted by atomic mass is 16.3. The summed E-state index contributed by atoms with van der Waals surface area (Å²) >= 11 is 0. The van der Waals surface area contributed by atoms with Crippen LogP contribution >= 0.6 is 0 Å². The normalized spacial score (nSPS) is 22.9. The molecule has 0 saturated heterocycles. The highest BCUT2D eigenvalue weighted by Crippen LogP contribution is 2.32. The van der Waals surface area contributed by atoms with E-state index < -0.39 is 0 Å². The molecule has 1 aliphatic carbocycles. The van der Waals surface area contributed by atoms with Gasteiger partial charge < -0.3 is 10.4 Å². The summed E-state index contributed by atoms with van der Waals surface area (Å²) < 4.78 is 0. The molecule has 3 rings (SSSR count). The Morgan fingerprint density at radius 3 is 2.50 bits per heavy atom. The van der Waals surface area contributed by atoms with Crippen molar-refractivity contribution in [2.45, 2.75) is 32.6 Å². The van der Waals surface area contributed by atoms with E-state index in [1.54, 1.807) is 6.07 Å². The molecular formula is C18H23NO. The van der Waals surface area contributed by atoms with Crippen molar-refractivity contribution < 1.29 is 5.11 Å². The van der Waals surface area contributed by atoms with Crippen LogP contribution in [0.3, 0.4) is 0 Å². The second-order valence-electron chi connectivity index (χ2n) is 6.18. The van der Waals surface area contributed by atoms with Crippen molar-refractivity contribution in [3.63, 3.8) is 0 Å². The topological polar surface area (TPSA) is 32.3 Å². The molecule has 1 aliphatic rings. The van der Waals surface area contributed by atoms with Crippen molar-refractivity contribution in [1.29, 1.82) is 0 Å². The lowest BCUT2D eigenvalue weighted by atomic mass is 9.83. The second kappa shape index (κ2) is 5.74. The largest absolute Gasteiger partial charge is 0.507 e. The molecule has 0 bridgehead atoms. The SMILES string of the molecule is CC1CCC(CNc2cccc3c(O)cccc23)CC1. The number of nitrogens with one attached hydrogen (secondary N) is 1. The number of phenolic OH excluding ortho intramolecular Hbond substituents is 1. The molecule has 2 nitrogen and oxygen atoms in total. The zero-order valence-corrected chi connectivity index (χ0v) is 12.1. The van der Waals surface area contributed by atoms with E-state index >= 15 is 0 Å². The van der Waals surface area contributed by atoms with Gasteiger partial charge in [0, 0.05) is 23.0 Å². The van der Waals surface area contributed by atoms with Crippen LogP contribution in [0, 0.1) is 11.8 Å². The van der Waals surface area contributed by atoms with Gasteiger partial charge in [0.25, 0.3) is 0 Å². The van der Waals surface area contributed by atoms with Crippen LogP contribution in [-0.2, 0) is 0 Å². The summed E-state index contributed by atoms with van der Waals surface area (Å²) in [6.45, 7) is 3.40. The number of benzene rings is 2. The number of aromatic hydroxyl groups is 1. The lowest BCUT2D eigenvalue weighted by Gasteiger charge is -2.26. The summed E-state index contributed by atoms with van der Waals surface area (Å²) in [6.07, 6.45) is 5.40. The molecule has 0 unspecified atom stereocenters. The molecule has 0 atom stereocenters. The molecule has 0 spiro atoms. The second-order valence-corrected chi connectivity index (χ2v) is 6.18. The minimum absolute atomic E-state index is 0.359. The number of hydrogen-bond acceptors (Lipinski definition) is 2. The fourth-order valence-electron chi connectivity index (χ4n) is 3.24. The molecule has 1 fully saturated rings. The third-order valence-corrected chi connectivity index (χ3v) is 4.62. The molecule has 1 saturated carbocycles. The summed E-state index contributed by atoms with van der Waals surface area (Å²) in [7, 11) is 0. The van der Waals surface area contributed by atoms with E-state index in [2.05, 4.69) is 24.4 Å². The Kier molecular flexibility index (Phi) is 3.81. The van der Waals surface area contributed by atoms with Crippen LogP contribution in [0.5, 0.6) is 5.75 Å². The van der Waals surface area contributed by atoms with Crippen molar-refractivity contribution in [1.82, 2.24) is 0 Å². The lowest BCUT2D eigenvalue weighted by molar-refractivity contribution is 0.300. The summed E-state index contributed by atoms with van der Waals surface area (Å²) in [5, 5.41) is 15.5. The van der Waals surface area contributed by atoms with Gasteiger partial charge in [-0.25, -0.2) is 0 Å². The molecule has 2 aromatic carbocycles. The van der Waals surface area contributed by atoms with Gasteiger partial charge in [-0.15, -0.1) is 0 Å². The van der Waals surface area contributed by atoms with Crippen LogP contribution in [0.15, 0.2) is 36.4 Å². The number of phenols is 1. The molecule has 20 heavy (non-hydrogen) atoms. The van der Waals surface area contributed by atoms with Crippen molar-refractivity contribution in [2.24, 2.45) is 11.8 Å². The van der Waals surface area contributed by atoms with Crippen LogP contribution in [0.25, 0.3) is 10.8 Å². The number of anilines is 1. The number of rotatable bonds is 3. The van der Waals surface area contributed by atoms with Gasteiger partial charge in [0.2, 0.25) is 0 Å². The molecule has 2 N–H and O–H groups in total. The summed E-state index contributed by atoms with van der Waals surface area (Å²) in [5.74, 6) is 2.05. The summed E-state index contributed by atoms with van der Waals surface area (Å²) in [6, 6.07) is 11.8. The monoisotopic (exact) mass is 269 g/mol. The Hall–Kier alpha value is -1.70. The Bertz CT molecular complexity index is 585. The van der Waals surface area contributed by atoms with E-state index in [0.717, 1.165) is 34.8 Å². The lowest BCUT2D eigenvalue weighted by Crippen LogP contribution is -2.20. The molecule has 0 heterocycles. The molecule has 106 valence electrons. The van der Waals surface area contributed by atoms with Gasteiger partial charge in [-0.2, -0.15) is 0 Å². The first kappa shape index (κ1) is 13.3. The highest BCUT2D eigenvalue weighted by molar-refractivity contribution is 5.97.